The molecule has 2 N–H and O–H groups in total. The lowest BCUT2D eigenvalue weighted by atomic mass is 9.86. The van der Waals surface area contributed by atoms with Gasteiger partial charge in [0.2, 0.25) is 11.8 Å². The fraction of sp³-hybridized carbons (Fsp3) is 0.412. The monoisotopic (exact) mass is 302 g/mol. The van der Waals surface area contributed by atoms with Crippen LogP contribution in [0.1, 0.15) is 31.2 Å². The van der Waals surface area contributed by atoms with Gasteiger partial charge >= 0.3 is 0 Å². The van der Waals surface area contributed by atoms with Gasteiger partial charge in [0.15, 0.2) is 0 Å². The first-order chi connectivity index (χ1) is 10.5. The topological polar surface area (TPSA) is 67.4 Å². The maximum absolute atomic E-state index is 12.2. The number of carbonyl (C=O) groups excluding carboxylic acids is 2. The van der Waals surface area contributed by atoms with E-state index in [0.717, 1.165) is 24.2 Å². The van der Waals surface area contributed by atoms with Gasteiger partial charge in [-0.15, -0.1) is 0 Å². The first-order valence-corrected chi connectivity index (χ1v) is 7.40. The highest BCUT2D eigenvalue weighted by molar-refractivity contribution is 5.87. The van der Waals surface area contributed by atoms with Crippen molar-refractivity contribution in [2.24, 2.45) is 0 Å². The zero-order valence-corrected chi connectivity index (χ0v) is 13.0. The Labute approximate surface area is 130 Å². The van der Waals surface area contributed by atoms with E-state index in [9.17, 15) is 9.59 Å². The molecule has 0 bridgehead atoms. The van der Waals surface area contributed by atoms with Crippen LogP contribution in [0.15, 0.2) is 36.9 Å². The van der Waals surface area contributed by atoms with Gasteiger partial charge in [-0.2, -0.15) is 0 Å². The quantitative estimate of drug-likeness (QED) is 0.787. The molecular formula is C17H22N2O3. The number of nitrogens with one attached hydrogen (secondary N) is 2. The third kappa shape index (κ3) is 3.87. The van der Waals surface area contributed by atoms with Crippen LogP contribution < -0.4 is 15.4 Å². The van der Waals surface area contributed by atoms with Crippen LogP contribution in [0.4, 0.5) is 0 Å². The van der Waals surface area contributed by atoms with Gasteiger partial charge in [0.25, 0.3) is 0 Å². The summed E-state index contributed by atoms with van der Waals surface area (Å²) in [5.41, 5.74) is 0.953. The van der Waals surface area contributed by atoms with Crippen LogP contribution in [-0.4, -0.2) is 31.0 Å². The molecule has 1 aromatic rings. The van der Waals surface area contributed by atoms with E-state index in [4.69, 9.17) is 4.74 Å². The highest BCUT2D eigenvalue weighted by atomic mass is 16.5. The molecule has 0 radical (unpaired) electrons. The summed E-state index contributed by atoms with van der Waals surface area (Å²) in [6.07, 6.45) is 2.79. The zero-order valence-electron chi connectivity index (χ0n) is 13.0. The minimum Gasteiger partial charge on any atom is -0.497 e. The Hall–Kier alpha value is -2.30. The summed E-state index contributed by atoms with van der Waals surface area (Å²) in [7, 11) is 1.61. The van der Waals surface area contributed by atoms with Crippen molar-refractivity contribution in [3.8, 4) is 5.75 Å². The average molecular weight is 302 g/mol. The third-order valence-electron chi connectivity index (χ3n) is 4.03. The highest BCUT2D eigenvalue weighted by Crippen LogP contribution is 2.23. The van der Waals surface area contributed by atoms with Crippen molar-refractivity contribution in [2.45, 2.75) is 37.8 Å². The van der Waals surface area contributed by atoms with Crippen LogP contribution in [0, 0.1) is 0 Å². The minimum atomic E-state index is -0.215. The summed E-state index contributed by atoms with van der Waals surface area (Å²) in [6.45, 7) is 5.30. The van der Waals surface area contributed by atoms with Crippen LogP contribution in [0.3, 0.4) is 0 Å². The van der Waals surface area contributed by atoms with Crippen LogP contribution in [0.5, 0.6) is 5.75 Å². The fourth-order valence-electron chi connectivity index (χ4n) is 2.48. The molecule has 2 amide bonds. The van der Waals surface area contributed by atoms with Crippen LogP contribution in [0.25, 0.3) is 0 Å². The molecule has 1 unspecified atom stereocenters. The molecule has 118 valence electrons. The Morgan fingerprint density at radius 1 is 1.23 bits per heavy atom. The van der Waals surface area contributed by atoms with Gasteiger partial charge in [0.05, 0.1) is 13.0 Å². The van der Waals surface area contributed by atoms with E-state index in [-0.39, 0.29) is 29.8 Å². The van der Waals surface area contributed by atoms with Crippen molar-refractivity contribution in [2.75, 3.05) is 7.11 Å². The molecule has 1 aliphatic rings. The predicted molar refractivity (Wildman–Crippen MR) is 84.7 cm³/mol. The Morgan fingerprint density at radius 2 is 1.82 bits per heavy atom. The van der Waals surface area contributed by atoms with Gasteiger partial charge in [0.1, 0.15) is 5.75 Å². The molecule has 0 heterocycles. The molecule has 1 aromatic carbocycles. The summed E-state index contributed by atoms with van der Waals surface area (Å²) in [5, 5.41) is 5.84. The molecule has 1 aliphatic carbocycles. The molecule has 0 spiro atoms. The zero-order chi connectivity index (χ0) is 16.1. The van der Waals surface area contributed by atoms with Gasteiger partial charge in [-0.05, 0) is 43.5 Å². The van der Waals surface area contributed by atoms with E-state index in [2.05, 4.69) is 17.2 Å². The smallest absolute Gasteiger partial charge is 0.243 e. The number of carbonyl (C=O) groups is 2. The molecule has 0 aliphatic heterocycles. The lowest BCUT2D eigenvalue weighted by Crippen LogP contribution is -2.54. The number of hydrogen-bond acceptors (Lipinski definition) is 3. The molecule has 22 heavy (non-hydrogen) atoms. The maximum atomic E-state index is 12.2. The third-order valence-corrected chi connectivity index (χ3v) is 4.03. The molecule has 5 heteroatoms. The first-order valence-electron chi connectivity index (χ1n) is 7.40. The maximum Gasteiger partial charge on any atom is 0.243 e. The Bertz CT molecular complexity index is 548. The van der Waals surface area contributed by atoms with Crippen molar-refractivity contribution in [1.82, 2.24) is 10.6 Å². The number of rotatable bonds is 6. The number of benzene rings is 1. The van der Waals surface area contributed by atoms with E-state index in [1.165, 1.54) is 6.08 Å². The number of amides is 2. The molecule has 1 atom stereocenters. The summed E-state index contributed by atoms with van der Waals surface area (Å²) in [5.74, 6) is 0.397. The number of hydrogen-bond donors (Lipinski definition) is 2. The molecule has 1 saturated carbocycles. The lowest BCUT2D eigenvalue weighted by Gasteiger charge is -2.36. The molecule has 1 fully saturated rings. The van der Waals surface area contributed by atoms with E-state index in [0.29, 0.717) is 0 Å². The normalized spacial score (nSPS) is 21.2. The van der Waals surface area contributed by atoms with E-state index < -0.39 is 0 Å². The fourth-order valence-corrected chi connectivity index (χ4v) is 2.48. The predicted octanol–water partition coefficient (Wildman–Crippen LogP) is 1.75. The van der Waals surface area contributed by atoms with Crippen molar-refractivity contribution < 1.29 is 14.3 Å². The number of methoxy groups -OCH3 is 1. The van der Waals surface area contributed by atoms with Gasteiger partial charge in [-0.25, -0.2) is 0 Å². The summed E-state index contributed by atoms with van der Waals surface area (Å²) in [6, 6.07) is 7.76. The van der Waals surface area contributed by atoms with Crippen molar-refractivity contribution in [3.05, 3.63) is 42.5 Å². The average Bonchev–Trinajstić information content (AvgIpc) is 2.51. The van der Waals surface area contributed by atoms with Crippen LogP contribution in [-0.2, 0) is 9.59 Å². The summed E-state index contributed by atoms with van der Waals surface area (Å²) < 4.78 is 5.11. The molecule has 2 rings (SSSR count). The number of ether oxygens (including phenoxy) is 1. The van der Waals surface area contributed by atoms with Gasteiger partial charge in [-0.1, -0.05) is 18.7 Å². The van der Waals surface area contributed by atoms with Gasteiger partial charge in [0, 0.05) is 12.1 Å². The van der Waals surface area contributed by atoms with E-state index >= 15 is 0 Å². The van der Waals surface area contributed by atoms with Crippen molar-refractivity contribution in [3.63, 3.8) is 0 Å². The highest BCUT2D eigenvalue weighted by Gasteiger charge is 2.32. The van der Waals surface area contributed by atoms with Gasteiger partial charge < -0.3 is 15.4 Å². The Kier molecular flexibility index (Phi) is 5.20. The molecular weight excluding hydrogens is 280 g/mol. The largest absolute Gasteiger partial charge is 0.497 e. The van der Waals surface area contributed by atoms with Crippen molar-refractivity contribution in [1.29, 1.82) is 0 Å². The standard InChI is InChI=1S/C17H22N2O3/c1-4-16(20)18-13-9-14(10-13)19-17(21)11(2)12-5-7-15(22-3)8-6-12/h4-8,11,13-14H,1,9-10H2,2-3H3,(H,18,20)(H,19,21). The van der Waals surface area contributed by atoms with Crippen LogP contribution >= 0.6 is 0 Å². The second kappa shape index (κ2) is 7.11. The second-order valence-corrected chi connectivity index (χ2v) is 5.58. The molecule has 0 aromatic heterocycles. The lowest BCUT2D eigenvalue weighted by molar-refractivity contribution is -0.123. The minimum absolute atomic E-state index is 0.00339. The van der Waals surface area contributed by atoms with Crippen LogP contribution in [0.2, 0.25) is 0 Å². The molecule has 0 saturated heterocycles. The SMILES string of the molecule is C=CC(=O)NC1CC(NC(=O)C(C)c2ccc(OC)cc2)C1. The molecule has 5 nitrogen and oxygen atoms in total. The first kappa shape index (κ1) is 16.1. The van der Waals surface area contributed by atoms with Gasteiger partial charge in [-0.3, -0.25) is 9.59 Å². The van der Waals surface area contributed by atoms with E-state index in [1.54, 1.807) is 7.11 Å². The summed E-state index contributed by atoms with van der Waals surface area (Å²) >= 11 is 0. The van der Waals surface area contributed by atoms with E-state index in [1.807, 2.05) is 31.2 Å². The summed E-state index contributed by atoms with van der Waals surface area (Å²) in [4.78, 5) is 23.4. The Balaban J connectivity index is 1.80. The second-order valence-electron chi connectivity index (χ2n) is 5.58. The Morgan fingerprint density at radius 3 is 2.36 bits per heavy atom. The van der Waals surface area contributed by atoms with Crippen molar-refractivity contribution >= 4 is 11.8 Å².